The lowest BCUT2D eigenvalue weighted by atomic mass is 9.78. The summed E-state index contributed by atoms with van der Waals surface area (Å²) in [4.78, 5) is 12.1. The number of carbonyl (C=O) groups is 1. The highest BCUT2D eigenvalue weighted by molar-refractivity contribution is 6.30. The number of allylic oxidation sites excluding steroid dienone is 1. The molecule has 100 valence electrons. The van der Waals surface area contributed by atoms with Crippen molar-refractivity contribution in [3.63, 3.8) is 0 Å². The highest BCUT2D eigenvalue weighted by Gasteiger charge is 2.47. The lowest BCUT2D eigenvalue weighted by Gasteiger charge is -2.45. The van der Waals surface area contributed by atoms with Gasteiger partial charge in [0.2, 0.25) is 0 Å². The molecule has 2 heterocycles. The second-order valence-corrected chi connectivity index (χ2v) is 5.66. The van der Waals surface area contributed by atoms with Crippen LogP contribution in [0.3, 0.4) is 0 Å². The molecule has 0 saturated carbocycles. The number of halogens is 1. The number of hydrogen-bond acceptors (Lipinski definition) is 3. The Morgan fingerprint density at radius 3 is 3.00 bits per heavy atom. The smallest absolute Gasteiger partial charge is 0.254 e. The summed E-state index contributed by atoms with van der Waals surface area (Å²) >= 11 is 6.02. The summed E-state index contributed by atoms with van der Waals surface area (Å²) in [5.74, 6) is 0.259. The van der Waals surface area contributed by atoms with Crippen LogP contribution < -0.4 is 10.1 Å². The van der Waals surface area contributed by atoms with Gasteiger partial charge in [-0.05, 0) is 32.0 Å². The Bertz CT molecular complexity index is 607. The van der Waals surface area contributed by atoms with E-state index < -0.39 is 5.72 Å². The second kappa shape index (κ2) is 3.90. The molecule has 0 aromatic heterocycles. The molecule has 1 fully saturated rings. The molecule has 0 radical (unpaired) electrons. The van der Waals surface area contributed by atoms with E-state index in [1.54, 1.807) is 18.2 Å². The van der Waals surface area contributed by atoms with E-state index in [2.05, 4.69) is 5.32 Å². The summed E-state index contributed by atoms with van der Waals surface area (Å²) in [6.45, 7) is 3.36. The molecule has 2 aliphatic heterocycles. The molecular weight excluding hydrogens is 266 g/mol. The number of benzene rings is 1. The van der Waals surface area contributed by atoms with Gasteiger partial charge in [-0.15, -0.1) is 0 Å². The van der Waals surface area contributed by atoms with E-state index in [0.29, 0.717) is 22.8 Å². The first-order valence-electron chi connectivity index (χ1n) is 6.10. The van der Waals surface area contributed by atoms with Crippen LogP contribution in [-0.4, -0.2) is 16.7 Å². The second-order valence-electron chi connectivity index (χ2n) is 5.22. The zero-order valence-corrected chi connectivity index (χ0v) is 11.4. The molecular formula is C14H14ClNO3. The summed E-state index contributed by atoms with van der Waals surface area (Å²) in [6.07, 6.45) is 0.583. The van der Waals surface area contributed by atoms with Gasteiger partial charge >= 0.3 is 0 Å². The summed E-state index contributed by atoms with van der Waals surface area (Å²) in [7, 11) is 0. The standard InChI is InChI=1S/C14H14ClNO3/c1-7(17)12-10-6-14(2,16-13(12)18)19-11-4-3-8(15)5-9(10)11/h3-5,10,17H,6H2,1-2H3,(H,16,18)/b12-7-. The van der Waals surface area contributed by atoms with Gasteiger partial charge in [-0.25, -0.2) is 0 Å². The van der Waals surface area contributed by atoms with E-state index in [-0.39, 0.29) is 17.6 Å². The third-order valence-corrected chi connectivity index (χ3v) is 3.87. The van der Waals surface area contributed by atoms with Crippen LogP contribution in [-0.2, 0) is 4.79 Å². The molecule has 1 saturated heterocycles. The van der Waals surface area contributed by atoms with Gasteiger partial charge in [0.25, 0.3) is 5.91 Å². The van der Waals surface area contributed by atoms with E-state index in [1.807, 2.05) is 6.92 Å². The van der Waals surface area contributed by atoms with Crippen molar-refractivity contribution in [2.24, 2.45) is 0 Å². The minimum Gasteiger partial charge on any atom is -0.512 e. The van der Waals surface area contributed by atoms with Crippen molar-refractivity contribution in [2.45, 2.75) is 31.9 Å². The Hall–Kier alpha value is -1.68. The van der Waals surface area contributed by atoms with E-state index in [4.69, 9.17) is 16.3 Å². The molecule has 2 N–H and O–H groups in total. The van der Waals surface area contributed by atoms with Gasteiger partial charge in [-0.1, -0.05) is 11.6 Å². The molecule has 1 aromatic rings. The Balaban J connectivity index is 2.22. The summed E-state index contributed by atoms with van der Waals surface area (Å²) in [5.41, 5.74) is 0.508. The van der Waals surface area contributed by atoms with Crippen molar-refractivity contribution >= 4 is 17.5 Å². The highest BCUT2D eigenvalue weighted by Crippen LogP contribution is 2.47. The molecule has 3 rings (SSSR count). The van der Waals surface area contributed by atoms with Crippen LogP contribution in [0.25, 0.3) is 0 Å². The van der Waals surface area contributed by atoms with Gasteiger partial charge in [0.1, 0.15) is 5.75 Å². The van der Waals surface area contributed by atoms with Crippen LogP contribution in [0.5, 0.6) is 5.75 Å². The minimum atomic E-state index is -0.735. The Morgan fingerprint density at radius 1 is 1.58 bits per heavy atom. The third kappa shape index (κ3) is 1.87. The lowest BCUT2D eigenvalue weighted by molar-refractivity contribution is -0.127. The van der Waals surface area contributed by atoms with Crippen molar-refractivity contribution in [3.8, 4) is 5.75 Å². The third-order valence-electron chi connectivity index (χ3n) is 3.64. The number of ether oxygens (including phenoxy) is 1. The fourth-order valence-corrected chi connectivity index (χ4v) is 3.07. The maximum Gasteiger partial charge on any atom is 0.254 e. The molecule has 5 heteroatoms. The number of fused-ring (bicyclic) bond motifs is 4. The van der Waals surface area contributed by atoms with Crippen molar-refractivity contribution in [3.05, 3.63) is 40.1 Å². The first-order valence-corrected chi connectivity index (χ1v) is 6.48. The van der Waals surface area contributed by atoms with E-state index >= 15 is 0 Å². The molecule has 2 atom stereocenters. The number of rotatable bonds is 0. The fourth-order valence-electron chi connectivity index (χ4n) is 2.88. The average Bonchev–Trinajstić information content (AvgIpc) is 2.28. The molecule has 0 spiro atoms. The number of aliphatic hydroxyl groups excluding tert-OH is 1. The first-order chi connectivity index (χ1) is 8.89. The van der Waals surface area contributed by atoms with Gasteiger partial charge in [0.05, 0.1) is 11.3 Å². The first kappa shape index (κ1) is 12.4. The Morgan fingerprint density at radius 2 is 2.32 bits per heavy atom. The molecule has 0 aliphatic carbocycles. The minimum absolute atomic E-state index is 0.0392. The maximum absolute atomic E-state index is 12.1. The summed E-state index contributed by atoms with van der Waals surface area (Å²) < 4.78 is 5.85. The van der Waals surface area contributed by atoms with Gasteiger partial charge < -0.3 is 15.2 Å². The summed E-state index contributed by atoms with van der Waals surface area (Å²) in [6, 6.07) is 5.34. The van der Waals surface area contributed by atoms with E-state index in [9.17, 15) is 9.90 Å². The zero-order valence-electron chi connectivity index (χ0n) is 10.7. The van der Waals surface area contributed by atoms with Gasteiger partial charge in [0, 0.05) is 22.9 Å². The predicted molar refractivity (Wildman–Crippen MR) is 71.3 cm³/mol. The summed E-state index contributed by atoms with van der Waals surface area (Å²) in [5, 5.41) is 13.2. The Labute approximate surface area is 116 Å². The van der Waals surface area contributed by atoms with Crippen molar-refractivity contribution in [1.29, 1.82) is 0 Å². The van der Waals surface area contributed by atoms with Crippen LogP contribution in [0.2, 0.25) is 5.02 Å². The topological polar surface area (TPSA) is 58.6 Å². The SMILES string of the molecule is C/C(O)=C1/C(=O)NC2(C)CC1c1cc(Cl)ccc1O2. The average molecular weight is 280 g/mol. The van der Waals surface area contributed by atoms with Crippen LogP contribution in [0.15, 0.2) is 29.5 Å². The number of aliphatic hydroxyl groups is 1. The fraction of sp³-hybridized carbons (Fsp3) is 0.357. The van der Waals surface area contributed by atoms with Crippen LogP contribution in [0, 0.1) is 0 Å². The number of piperidine rings is 1. The molecule has 2 bridgehead atoms. The monoisotopic (exact) mass is 279 g/mol. The molecule has 19 heavy (non-hydrogen) atoms. The normalized spacial score (nSPS) is 31.1. The van der Waals surface area contributed by atoms with Crippen molar-refractivity contribution in [1.82, 2.24) is 5.32 Å². The number of hydrogen-bond donors (Lipinski definition) is 2. The maximum atomic E-state index is 12.1. The molecule has 4 nitrogen and oxygen atoms in total. The predicted octanol–water partition coefficient (Wildman–Crippen LogP) is 2.88. The molecule has 2 unspecified atom stereocenters. The van der Waals surface area contributed by atoms with Crippen LogP contribution in [0.1, 0.15) is 31.7 Å². The number of amides is 1. The van der Waals surface area contributed by atoms with E-state index in [0.717, 1.165) is 5.56 Å². The van der Waals surface area contributed by atoms with Crippen LogP contribution >= 0.6 is 11.6 Å². The molecule has 1 amide bonds. The number of nitrogens with one attached hydrogen (secondary N) is 1. The quantitative estimate of drug-likeness (QED) is 0.567. The highest BCUT2D eigenvalue weighted by atomic mass is 35.5. The van der Waals surface area contributed by atoms with Gasteiger partial charge in [0.15, 0.2) is 5.72 Å². The molecule has 1 aromatic carbocycles. The van der Waals surface area contributed by atoms with Crippen molar-refractivity contribution in [2.75, 3.05) is 0 Å². The molecule has 2 aliphatic rings. The zero-order chi connectivity index (χ0) is 13.8. The van der Waals surface area contributed by atoms with Crippen molar-refractivity contribution < 1.29 is 14.6 Å². The van der Waals surface area contributed by atoms with Gasteiger partial charge in [-0.2, -0.15) is 0 Å². The van der Waals surface area contributed by atoms with Gasteiger partial charge in [-0.3, -0.25) is 4.79 Å². The van der Waals surface area contributed by atoms with E-state index in [1.165, 1.54) is 6.92 Å². The number of carbonyl (C=O) groups excluding carboxylic acids is 1. The van der Waals surface area contributed by atoms with Crippen LogP contribution in [0.4, 0.5) is 0 Å². The lowest BCUT2D eigenvalue weighted by Crippen LogP contribution is -2.58. The largest absolute Gasteiger partial charge is 0.512 e. The Kier molecular flexibility index (Phi) is 2.54.